The molecule has 2 rings (SSSR count). The van der Waals surface area contributed by atoms with E-state index in [4.69, 9.17) is 4.74 Å². The minimum absolute atomic E-state index is 0.0329. The molecule has 2 unspecified atom stereocenters. The molecule has 1 aliphatic rings. The van der Waals surface area contributed by atoms with Gasteiger partial charge in [0, 0.05) is 38.3 Å². The molecule has 0 aromatic heterocycles. The molecule has 138 valence electrons. The molecular weight excluding hydrogens is 316 g/mol. The van der Waals surface area contributed by atoms with Crippen LogP contribution in [0.25, 0.3) is 0 Å². The number of hydrogen-bond donors (Lipinski definition) is 2. The minimum atomic E-state index is -0.287. The van der Waals surface area contributed by atoms with Crippen LogP contribution in [0.5, 0.6) is 0 Å². The third-order valence-corrected chi connectivity index (χ3v) is 4.68. The first kappa shape index (κ1) is 19.6. The number of carbonyl (C=O) groups is 2. The van der Waals surface area contributed by atoms with Gasteiger partial charge < -0.3 is 15.4 Å². The Balaban J connectivity index is 1.88. The van der Waals surface area contributed by atoms with Crippen LogP contribution in [0.3, 0.4) is 0 Å². The maximum Gasteiger partial charge on any atom is 0.237 e. The molecule has 2 N–H and O–H groups in total. The SMILES string of the molecule is COCCCNC(=O)C1CC(C(=O)c2ccc(C(C)(C)C)cc2)CN1. The average molecular weight is 346 g/mol. The van der Waals surface area contributed by atoms with Crippen molar-refractivity contribution in [3.8, 4) is 0 Å². The van der Waals surface area contributed by atoms with Crippen LogP contribution < -0.4 is 10.6 Å². The van der Waals surface area contributed by atoms with Gasteiger partial charge in [-0.2, -0.15) is 0 Å². The van der Waals surface area contributed by atoms with Gasteiger partial charge in [0.05, 0.1) is 6.04 Å². The lowest BCUT2D eigenvalue weighted by molar-refractivity contribution is -0.122. The summed E-state index contributed by atoms with van der Waals surface area (Å²) in [6.45, 7) is 8.24. The maximum atomic E-state index is 12.7. The molecule has 0 radical (unpaired) electrons. The lowest BCUT2D eigenvalue weighted by Gasteiger charge is -2.19. The van der Waals surface area contributed by atoms with Crippen LogP contribution in [-0.4, -0.2) is 44.5 Å². The Labute approximate surface area is 150 Å². The van der Waals surface area contributed by atoms with Gasteiger partial charge in [0.1, 0.15) is 0 Å². The van der Waals surface area contributed by atoms with E-state index in [0.29, 0.717) is 26.1 Å². The van der Waals surface area contributed by atoms with Gasteiger partial charge in [-0.25, -0.2) is 0 Å². The number of ether oxygens (including phenoxy) is 1. The number of ketones is 1. The van der Waals surface area contributed by atoms with Gasteiger partial charge in [-0.05, 0) is 23.8 Å². The molecule has 5 heteroatoms. The van der Waals surface area contributed by atoms with Crippen molar-refractivity contribution in [3.05, 3.63) is 35.4 Å². The highest BCUT2D eigenvalue weighted by Gasteiger charge is 2.33. The largest absolute Gasteiger partial charge is 0.385 e. The summed E-state index contributed by atoms with van der Waals surface area (Å²) < 4.78 is 4.96. The highest BCUT2D eigenvalue weighted by Crippen LogP contribution is 2.24. The molecule has 2 atom stereocenters. The fourth-order valence-corrected chi connectivity index (χ4v) is 3.06. The Kier molecular flexibility index (Phi) is 6.73. The van der Waals surface area contributed by atoms with E-state index in [1.165, 1.54) is 5.56 Å². The van der Waals surface area contributed by atoms with Crippen molar-refractivity contribution in [3.63, 3.8) is 0 Å². The fourth-order valence-electron chi connectivity index (χ4n) is 3.06. The summed E-state index contributed by atoms with van der Waals surface area (Å²) in [5.41, 5.74) is 2.01. The van der Waals surface area contributed by atoms with Gasteiger partial charge in [0.25, 0.3) is 0 Å². The average Bonchev–Trinajstić information content (AvgIpc) is 3.07. The number of benzene rings is 1. The molecule has 1 aromatic rings. The van der Waals surface area contributed by atoms with E-state index in [2.05, 4.69) is 31.4 Å². The van der Waals surface area contributed by atoms with Crippen molar-refractivity contribution in [2.24, 2.45) is 5.92 Å². The fraction of sp³-hybridized carbons (Fsp3) is 0.600. The Morgan fingerprint density at radius 2 is 1.92 bits per heavy atom. The zero-order valence-electron chi connectivity index (χ0n) is 15.7. The summed E-state index contributed by atoms with van der Waals surface area (Å²) in [4.78, 5) is 24.8. The number of amides is 1. The molecule has 1 fully saturated rings. The highest BCUT2D eigenvalue weighted by atomic mass is 16.5. The molecule has 0 saturated carbocycles. The number of methoxy groups -OCH3 is 1. The summed E-state index contributed by atoms with van der Waals surface area (Å²) in [7, 11) is 1.64. The second-order valence-electron chi connectivity index (χ2n) is 7.72. The lowest BCUT2D eigenvalue weighted by atomic mass is 9.85. The van der Waals surface area contributed by atoms with Crippen LogP contribution >= 0.6 is 0 Å². The third-order valence-electron chi connectivity index (χ3n) is 4.68. The topological polar surface area (TPSA) is 67.4 Å². The van der Waals surface area contributed by atoms with Gasteiger partial charge in [0.2, 0.25) is 5.91 Å². The molecule has 0 aliphatic carbocycles. The minimum Gasteiger partial charge on any atom is -0.385 e. The maximum absolute atomic E-state index is 12.7. The van der Waals surface area contributed by atoms with E-state index in [-0.39, 0.29) is 29.1 Å². The van der Waals surface area contributed by atoms with E-state index in [1.54, 1.807) is 7.11 Å². The van der Waals surface area contributed by atoms with E-state index >= 15 is 0 Å². The molecule has 1 aromatic carbocycles. The van der Waals surface area contributed by atoms with E-state index in [9.17, 15) is 9.59 Å². The summed E-state index contributed by atoms with van der Waals surface area (Å²) in [6.07, 6.45) is 1.34. The second-order valence-corrected chi connectivity index (χ2v) is 7.72. The number of Topliss-reactive ketones (excluding diaryl/α,β-unsaturated/α-hetero) is 1. The highest BCUT2D eigenvalue weighted by molar-refractivity contribution is 5.99. The van der Waals surface area contributed by atoms with Crippen molar-refractivity contribution in [1.82, 2.24) is 10.6 Å². The molecule has 1 heterocycles. The van der Waals surface area contributed by atoms with Crippen molar-refractivity contribution in [1.29, 1.82) is 0 Å². The zero-order chi connectivity index (χ0) is 18.4. The van der Waals surface area contributed by atoms with Crippen LogP contribution in [0.2, 0.25) is 0 Å². The predicted molar refractivity (Wildman–Crippen MR) is 98.9 cm³/mol. The first-order valence-electron chi connectivity index (χ1n) is 8.97. The first-order chi connectivity index (χ1) is 11.8. The van der Waals surface area contributed by atoms with Gasteiger partial charge >= 0.3 is 0 Å². The molecular formula is C20H30N2O3. The Hall–Kier alpha value is -1.72. The summed E-state index contributed by atoms with van der Waals surface area (Å²) >= 11 is 0. The van der Waals surface area contributed by atoms with Crippen molar-refractivity contribution in [2.75, 3.05) is 26.8 Å². The van der Waals surface area contributed by atoms with Crippen molar-refractivity contribution < 1.29 is 14.3 Å². The molecule has 1 aliphatic heterocycles. The van der Waals surface area contributed by atoms with Crippen LogP contribution in [0, 0.1) is 5.92 Å². The smallest absolute Gasteiger partial charge is 0.237 e. The molecule has 1 saturated heterocycles. The van der Waals surface area contributed by atoms with E-state index in [1.807, 2.05) is 24.3 Å². The summed E-state index contributed by atoms with van der Waals surface area (Å²) in [5, 5.41) is 6.06. The normalized spacial score (nSPS) is 20.5. The monoisotopic (exact) mass is 346 g/mol. The number of nitrogens with one attached hydrogen (secondary N) is 2. The number of rotatable bonds is 7. The van der Waals surface area contributed by atoms with Crippen LogP contribution in [0.15, 0.2) is 24.3 Å². The van der Waals surface area contributed by atoms with Crippen molar-refractivity contribution in [2.45, 2.75) is 45.1 Å². The standard InChI is InChI=1S/C20H30N2O3/c1-20(2,3)16-8-6-14(7-9-16)18(23)15-12-17(22-13-15)19(24)21-10-5-11-25-4/h6-9,15,17,22H,5,10-13H2,1-4H3,(H,21,24). The van der Waals surface area contributed by atoms with Crippen LogP contribution in [0.4, 0.5) is 0 Å². The summed E-state index contributed by atoms with van der Waals surface area (Å²) in [5.74, 6) is -0.0627. The van der Waals surface area contributed by atoms with E-state index < -0.39 is 0 Å². The summed E-state index contributed by atoms with van der Waals surface area (Å²) in [6, 6.07) is 7.57. The molecule has 0 bridgehead atoms. The first-order valence-corrected chi connectivity index (χ1v) is 8.97. The Bertz CT molecular complexity index is 590. The Morgan fingerprint density at radius 3 is 2.52 bits per heavy atom. The van der Waals surface area contributed by atoms with Gasteiger partial charge in [-0.3, -0.25) is 9.59 Å². The molecule has 5 nitrogen and oxygen atoms in total. The van der Waals surface area contributed by atoms with Crippen LogP contribution in [0.1, 0.15) is 49.5 Å². The van der Waals surface area contributed by atoms with Crippen molar-refractivity contribution >= 4 is 11.7 Å². The van der Waals surface area contributed by atoms with E-state index in [0.717, 1.165) is 12.0 Å². The Morgan fingerprint density at radius 1 is 1.24 bits per heavy atom. The van der Waals surface area contributed by atoms with Gasteiger partial charge in [-0.15, -0.1) is 0 Å². The molecule has 25 heavy (non-hydrogen) atoms. The van der Waals surface area contributed by atoms with Crippen LogP contribution in [-0.2, 0) is 14.9 Å². The molecule has 1 amide bonds. The number of carbonyl (C=O) groups excluding carboxylic acids is 2. The van der Waals surface area contributed by atoms with Gasteiger partial charge in [0.15, 0.2) is 5.78 Å². The third kappa shape index (κ3) is 5.38. The number of hydrogen-bond acceptors (Lipinski definition) is 4. The van der Waals surface area contributed by atoms with Gasteiger partial charge in [-0.1, -0.05) is 45.0 Å². The lowest BCUT2D eigenvalue weighted by Crippen LogP contribution is -2.40. The quantitative estimate of drug-likeness (QED) is 0.587. The molecule has 0 spiro atoms. The second kappa shape index (κ2) is 8.59. The zero-order valence-corrected chi connectivity index (χ0v) is 15.7. The predicted octanol–water partition coefficient (Wildman–Crippen LogP) is 2.30.